The highest BCUT2D eigenvalue weighted by molar-refractivity contribution is 9.09. The molecule has 104 valence electrons. The van der Waals surface area contributed by atoms with Crippen LogP contribution in [0, 0.1) is 0 Å². The largest absolute Gasteiger partial charge is 0.352 e. The third kappa shape index (κ3) is 2.78. The molecular weight excluding hydrogens is 302 g/mol. The molecule has 3 nitrogen and oxygen atoms in total. The average Bonchev–Trinajstić information content (AvgIpc) is 2.94. The van der Waals surface area contributed by atoms with E-state index in [9.17, 15) is 0 Å². The molecule has 0 unspecified atom stereocenters. The summed E-state index contributed by atoms with van der Waals surface area (Å²) < 4.78 is 0. The number of rotatable bonds is 4. The average molecular weight is 324 g/mol. The Bertz CT molecular complexity index is 429. The van der Waals surface area contributed by atoms with Gasteiger partial charge in [-0.05, 0) is 32.1 Å². The van der Waals surface area contributed by atoms with Crippen molar-refractivity contribution in [3.63, 3.8) is 0 Å². The Morgan fingerprint density at radius 2 is 1.95 bits per heavy atom. The minimum atomic E-state index is 0.686. The van der Waals surface area contributed by atoms with Gasteiger partial charge >= 0.3 is 0 Å². The third-order valence-corrected chi connectivity index (χ3v) is 4.82. The summed E-state index contributed by atoms with van der Waals surface area (Å²) in [5.41, 5.74) is 2.72. The van der Waals surface area contributed by atoms with Gasteiger partial charge in [-0.25, -0.2) is 9.97 Å². The van der Waals surface area contributed by atoms with Gasteiger partial charge in [-0.3, -0.25) is 0 Å². The lowest BCUT2D eigenvalue weighted by atomic mass is 9.94. The summed E-state index contributed by atoms with van der Waals surface area (Å²) in [5.74, 6) is 1.23. The maximum absolute atomic E-state index is 4.64. The van der Waals surface area contributed by atoms with Gasteiger partial charge in [-0.2, -0.15) is 0 Å². The van der Waals surface area contributed by atoms with E-state index in [1.807, 2.05) is 0 Å². The summed E-state index contributed by atoms with van der Waals surface area (Å²) in [7, 11) is 0. The molecule has 0 saturated heterocycles. The highest BCUT2D eigenvalue weighted by Crippen LogP contribution is 2.32. The van der Waals surface area contributed by atoms with E-state index in [1.54, 1.807) is 6.33 Å². The van der Waals surface area contributed by atoms with E-state index < -0.39 is 0 Å². The van der Waals surface area contributed by atoms with Crippen LogP contribution in [0.4, 0.5) is 5.82 Å². The number of halogens is 1. The number of aryl methyl sites for hydroxylation is 1. The highest BCUT2D eigenvalue weighted by atomic mass is 79.9. The van der Waals surface area contributed by atoms with Gasteiger partial charge in [0.05, 0.1) is 0 Å². The normalized spacial score (nSPS) is 19.4. The van der Waals surface area contributed by atoms with Gasteiger partial charge in [-0.1, -0.05) is 35.2 Å². The molecule has 4 heteroatoms. The molecule has 1 heterocycles. The van der Waals surface area contributed by atoms with Crippen molar-refractivity contribution < 1.29 is 0 Å². The summed E-state index contributed by atoms with van der Waals surface area (Å²) in [6.07, 6.45) is 12.1. The van der Waals surface area contributed by atoms with Crippen LogP contribution in [0.2, 0.25) is 0 Å². The SMILES string of the molecule is BrCCN(c1ncnc2c1CCC2)C1CCCCC1. The minimum absolute atomic E-state index is 0.686. The summed E-state index contributed by atoms with van der Waals surface area (Å²) in [6, 6.07) is 0.686. The number of hydrogen-bond donors (Lipinski definition) is 0. The number of alkyl halides is 1. The quantitative estimate of drug-likeness (QED) is 0.794. The number of hydrogen-bond acceptors (Lipinski definition) is 3. The zero-order valence-electron chi connectivity index (χ0n) is 11.4. The number of fused-ring (bicyclic) bond motifs is 1. The second-order valence-electron chi connectivity index (χ2n) is 5.65. The Morgan fingerprint density at radius 1 is 1.11 bits per heavy atom. The predicted molar refractivity (Wildman–Crippen MR) is 82.1 cm³/mol. The van der Waals surface area contributed by atoms with Crippen molar-refractivity contribution in [2.45, 2.75) is 57.4 Å². The van der Waals surface area contributed by atoms with Crippen molar-refractivity contribution in [2.24, 2.45) is 0 Å². The Balaban J connectivity index is 1.89. The number of nitrogens with zero attached hydrogens (tertiary/aromatic N) is 3. The smallest absolute Gasteiger partial charge is 0.135 e. The van der Waals surface area contributed by atoms with Gasteiger partial charge in [0.25, 0.3) is 0 Å². The number of anilines is 1. The predicted octanol–water partition coefficient (Wildman–Crippen LogP) is 3.50. The van der Waals surface area contributed by atoms with Crippen LogP contribution >= 0.6 is 15.9 Å². The van der Waals surface area contributed by atoms with Crippen molar-refractivity contribution in [3.05, 3.63) is 17.6 Å². The molecule has 0 amide bonds. The van der Waals surface area contributed by atoms with Crippen LogP contribution in [0.15, 0.2) is 6.33 Å². The van der Waals surface area contributed by atoms with Gasteiger partial charge in [0.2, 0.25) is 0 Å². The fourth-order valence-electron chi connectivity index (χ4n) is 3.53. The van der Waals surface area contributed by atoms with E-state index in [2.05, 4.69) is 30.8 Å². The van der Waals surface area contributed by atoms with E-state index in [4.69, 9.17) is 0 Å². The first-order valence-electron chi connectivity index (χ1n) is 7.55. The Labute approximate surface area is 124 Å². The molecule has 0 aliphatic heterocycles. The first-order chi connectivity index (χ1) is 9.40. The molecule has 1 fully saturated rings. The van der Waals surface area contributed by atoms with Crippen LogP contribution in [0.1, 0.15) is 49.8 Å². The second-order valence-corrected chi connectivity index (χ2v) is 6.44. The Kier molecular flexibility index (Phi) is 4.36. The number of aromatic nitrogens is 2. The van der Waals surface area contributed by atoms with Gasteiger partial charge in [-0.15, -0.1) is 0 Å². The molecule has 0 N–H and O–H groups in total. The first kappa shape index (κ1) is 13.3. The Morgan fingerprint density at radius 3 is 2.74 bits per heavy atom. The molecule has 1 aromatic rings. The zero-order valence-corrected chi connectivity index (χ0v) is 13.0. The van der Waals surface area contributed by atoms with Crippen molar-refractivity contribution in [1.29, 1.82) is 0 Å². The molecule has 2 aliphatic rings. The van der Waals surface area contributed by atoms with Crippen LogP contribution in [-0.2, 0) is 12.8 Å². The van der Waals surface area contributed by atoms with Crippen molar-refractivity contribution in [2.75, 3.05) is 16.8 Å². The molecule has 0 spiro atoms. The fourth-order valence-corrected chi connectivity index (χ4v) is 3.92. The topological polar surface area (TPSA) is 29.0 Å². The van der Waals surface area contributed by atoms with E-state index in [0.717, 1.165) is 24.7 Å². The van der Waals surface area contributed by atoms with Gasteiger partial charge in [0, 0.05) is 29.2 Å². The lowest BCUT2D eigenvalue weighted by Gasteiger charge is -2.36. The van der Waals surface area contributed by atoms with Crippen molar-refractivity contribution in [3.8, 4) is 0 Å². The van der Waals surface area contributed by atoms with E-state index >= 15 is 0 Å². The van der Waals surface area contributed by atoms with Crippen LogP contribution in [0.3, 0.4) is 0 Å². The Hall–Kier alpha value is -0.640. The summed E-state index contributed by atoms with van der Waals surface area (Å²) in [6.45, 7) is 1.06. The van der Waals surface area contributed by atoms with Gasteiger partial charge in [0.1, 0.15) is 12.1 Å². The third-order valence-electron chi connectivity index (χ3n) is 4.47. The van der Waals surface area contributed by atoms with Crippen LogP contribution in [0.5, 0.6) is 0 Å². The minimum Gasteiger partial charge on any atom is -0.352 e. The molecule has 1 saturated carbocycles. The fraction of sp³-hybridized carbons (Fsp3) is 0.733. The molecule has 2 aliphatic carbocycles. The van der Waals surface area contributed by atoms with Crippen molar-refractivity contribution >= 4 is 21.7 Å². The molecule has 3 rings (SSSR count). The lowest BCUT2D eigenvalue weighted by Crippen LogP contribution is -2.39. The lowest BCUT2D eigenvalue weighted by molar-refractivity contribution is 0.416. The maximum atomic E-state index is 4.64. The monoisotopic (exact) mass is 323 g/mol. The first-order valence-corrected chi connectivity index (χ1v) is 8.67. The highest BCUT2D eigenvalue weighted by Gasteiger charge is 2.26. The molecule has 19 heavy (non-hydrogen) atoms. The second kappa shape index (κ2) is 6.21. The van der Waals surface area contributed by atoms with Crippen LogP contribution < -0.4 is 4.90 Å². The van der Waals surface area contributed by atoms with Crippen LogP contribution in [0.25, 0.3) is 0 Å². The van der Waals surface area contributed by atoms with Crippen molar-refractivity contribution in [1.82, 2.24) is 9.97 Å². The van der Waals surface area contributed by atoms with Gasteiger partial charge in [0.15, 0.2) is 0 Å². The maximum Gasteiger partial charge on any atom is 0.135 e. The molecule has 0 atom stereocenters. The molecule has 1 aromatic heterocycles. The van der Waals surface area contributed by atoms with E-state index in [0.29, 0.717) is 6.04 Å². The van der Waals surface area contributed by atoms with E-state index in [1.165, 1.54) is 55.6 Å². The summed E-state index contributed by atoms with van der Waals surface area (Å²) in [5, 5.41) is 1.02. The zero-order chi connectivity index (χ0) is 13.1. The molecular formula is C15H22BrN3. The molecule has 0 aromatic carbocycles. The molecule has 0 radical (unpaired) electrons. The van der Waals surface area contributed by atoms with E-state index in [-0.39, 0.29) is 0 Å². The van der Waals surface area contributed by atoms with Gasteiger partial charge < -0.3 is 4.90 Å². The molecule has 0 bridgehead atoms. The summed E-state index contributed by atoms with van der Waals surface area (Å²) >= 11 is 3.61. The standard InChI is InChI=1S/C15H22BrN3/c16-9-10-19(12-5-2-1-3-6-12)15-13-7-4-8-14(13)17-11-18-15/h11-12H,1-10H2. The summed E-state index contributed by atoms with van der Waals surface area (Å²) in [4.78, 5) is 11.7. The van der Waals surface area contributed by atoms with Crippen LogP contribution in [-0.4, -0.2) is 27.9 Å².